The molecule has 0 saturated heterocycles. The van der Waals surface area contributed by atoms with Gasteiger partial charge in [0.1, 0.15) is 18.1 Å². The third-order valence-corrected chi connectivity index (χ3v) is 4.92. The smallest absolute Gasteiger partial charge is 0.289 e. The lowest BCUT2D eigenvalue weighted by molar-refractivity contribution is 0.0950. The van der Waals surface area contributed by atoms with Crippen LogP contribution in [0, 0.1) is 0 Å². The van der Waals surface area contributed by atoms with Crippen LogP contribution in [-0.2, 0) is 6.61 Å². The second-order valence-corrected chi connectivity index (χ2v) is 7.64. The van der Waals surface area contributed by atoms with Crippen LogP contribution in [0.1, 0.15) is 21.6 Å². The highest BCUT2D eigenvalue weighted by atomic mass is 79.9. The molecule has 7 heteroatoms. The standard InChI is InChI=1S/C24H19BrN4O2/c25-20-10-4-8-18(12-20)15-26-29-24(30)23-14-22(27-28-23)19-9-5-11-21(13-19)31-16-17-6-2-1-3-7-17/h1-15H,16H2,(H,27,28)(H,29,30)/b26-15-. The zero-order valence-corrected chi connectivity index (χ0v) is 18.0. The molecular weight excluding hydrogens is 456 g/mol. The lowest BCUT2D eigenvalue weighted by atomic mass is 10.1. The van der Waals surface area contributed by atoms with Crippen molar-refractivity contribution in [2.24, 2.45) is 5.10 Å². The summed E-state index contributed by atoms with van der Waals surface area (Å²) in [6, 6.07) is 26.8. The lowest BCUT2D eigenvalue weighted by Crippen LogP contribution is -2.17. The minimum Gasteiger partial charge on any atom is -0.489 e. The van der Waals surface area contributed by atoms with E-state index in [1.54, 1.807) is 12.3 Å². The number of benzene rings is 3. The van der Waals surface area contributed by atoms with Crippen molar-refractivity contribution in [3.05, 3.63) is 106 Å². The molecule has 2 N–H and O–H groups in total. The molecule has 0 atom stereocenters. The van der Waals surface area contributed by atoms with E-state index < -0.39 is 0 Å². The van der Waals surface area contributed by atoms with Gasteiger partial charge in [-0.2, -0.15) is 10.2 Å². The molecule has 154 valence electrons. The normalized spacial score (nSPS) is 10.9. The number of H-pyrrole nitrogens is 1. The van der Waals surface area contributed by atoms with Gasteiger partial charge in [0, 0.05) is 10.0 Å². The number of hydrogen-bond acceptors (Lipinski definition) is 4. The molecule has 4 rings (SSSR count). The van der Waals surface area contributed by atoms with Crippen LogP contribution in [0.3, 0.4) is 0 Å². The maximum atomic E-state index is 12.3. The molecule has 31 heavy (non-hydrogen) atoms. The fourth-order valence-electron chi connectivity index (χ4n) is 2.88. The summed E-state index contributed by atoms with van der Waals surface area (Å²) in [4.78, 5) is 12.3. The van der Waals surface area contributed by atoms with Crippen molar-refractivity contribution in [3.63, 3.8) is 0 Å². The molecule has 0 aliphatic rings. The van der Waals surface area contributed by atoms with Crippen molar-refractivity contribution in [1.82, 2.24) is 15.6 Å². The van der Waals surface area contributed by atoms with Gasteiger partial charge in [0.05, 0.1) is 11.9 Å². The first-order chi connectivity index (χ1) is 15.2. The highest BCUT2D eigenvalue weighted by molar-refractivity contribution is 9.10. The molecular formula is C24H19BrN4O2. The predicted molar refractivity (Wildman–Crippen MR) is 124 cm³/mol. The topological polar surface area (TPSA) is 79.4 Å². The van der Waals surface area contributed by atoms with E-state index in [1.807, 2.05) is 78.9 Å². The van der Waals surface area contributed by atoms with Crippen molar-refractivity contribution in [2.75, 3.05) is 0 Å². The number of carbonyl (C=O) groups is 1. The minimum absolute atomic E-state index is 0.317. The van der Waals surface area contributed by atoms with Gasteiger partial charge in [0.25, 0.3) is 5.91 Å². The zero-order chi connectivity index (χ0) is 21.5. The van der Waals surface area contributed by atoms with Gasteiger partial charge in [-0.05, 0) is 41.5 Å². The molecule has 3 aromatic carbocycles. The van der Waals surface area contributed by atoms with E-state index in [0.29, 0.717) is 18.0 Å². The number of nitrogens with one attached hydrogen (secondary N) is 2. The highest BCUT2D eigenvalue weighted by Crippen LogP contribution is 2.23. The fourth-order valence-corrected chi connectivity index (χ4v) is 3.30. The molecule has 1 amide bonds. The van der Waals surface area contributed by atoms with E-state index in [0.717, 1.165) is 26.9 Å². The Morgan fingerprint density at radius 1 is 1.03 bits per heavy atom. The van der Waals surface area contributed by atoms with Gasteiger partial charge in [0.15, 0.2) is 0 Å². The van der Waals surface area contributed by atoms with Gasteiger partial charge in [-0.25, -0.2) is 5.43 Å². The Hall–Kier alpha value is -3.71. The number of nitrogens with zero attached hydrogens (tertiary/aromatic N) is 2. The first kappa shape index (κ1) is 20.6. The molecule has 0 radical (unpaired) electrons. The van der Waals surface area contributed by atoms with Crippen molar-refractivity contribution in [1.29, 1.82) is 0 Å². The molecule has 0 fully saturated rings. The monoisotopic (exact) mass is 474 g/mol. The summed E-state index contributed by atoms with van der Waals surface area (Å²) in [5.41, 5.74) is 6.27. The SMILES string of the molecule is O=C(N/N=C\c1cccc(Br)c1)c1cc(-c2cccc(OCc3ccccc3)c2)n[nH]1. The maximum Gasteiger partial charge on any atom is 0.289 e. The molecule has 1 aromatic heterocycles. The summed E-state index contributed by atoms with van der Waals surface area (Å²) >= 11 is 3.40. The summed E-state index contributed by atoms with van der Waals surface area (Å²) in [5.74, 6) is 0.357. The molecule has 1 heterocycles. The van der Waals surface area contributed by atoms with Crippen LogP contribution in [-0.4, -0.2) is 22.3 Å². The van der Waals surface area contributed by atoms with Crippen molar-refractivity contribution >= 4 is 28.1 Å². The molecule has 0 bridgehead atoms. The Kier molecular flexibility index (Phi) is 6.54. The molecule has 0 saturated carbocycles. The van der Waals surface area contributed by atoms with Crippen LogP contribution < -0.4 is 10.2 Å². The van der Waals surface area contributed by atoms with Crippen molar-refractivity contribution < 1.29 is 9.53 Å². The summed E-state index contributed by atoms with van der Waals surface area (Å²) in [5, 5.41) is 11.0. The van der Waals surface area contributed by atoms with Crippen LogP contribution in [0.5, 0.6) is 5.75 Å². The van der Waals surface area contributed by atoms with E-state index in [2.05, 4.69) is 36.7 Å². The zero-order valence-electron chi connectivity index (χ0n) is 16.5. The second kappa shape index (κ2) is 9.86. The predicted octanol–water partition coefficient (Wildman–Crippen LogP) is 5.18. The Labute approximate surface area is 188 Å². The molecule has 6 nitrogen and oxygen atoms in total. The van der Waals surface area contributed by atoms with Crippen LogP contribution in [0.15, 0.2) is 94.5 Å². The van der Waals surface area contributed by atoms with Crippen LogP contribution in [0.25, 0.3) is 11.3 Å². The van der Waals surface area contributed by atoms with Crippen LogP contribution >= 0.6 is 15.9 Å². The minimum atomic E-state index is -0.374. The van der Waals surface area contributed by atoms with E-state index >= 15 is 0 Å². The number of carbonyl (C=O) groups excluding carboxylic acids is 1. The van der Waals surface area contributed by atoms with Crippen LogP contribution in [0.4, 0.5) is 0 Å². The Balaban J connectivity index is 1.39. The van der Waals surface area contributed by atoms with Crippen molar-refractivity contribution in [3.8, 4) is 17.0 Å². The number of halogens is 1. The lowest BCUT2D eigenvalue weighted by Gasteiger charge is -2.07. The first-order valence-electron chi connectivity index (χ1n) is 9.59. The summed E-state index contributed by atoms with van der Waals surface area (Å²) in [6.07, 6.45) is 1.58. The van der Waals surface area contributed by atoms with Gasteiger partial charge in [-0.1, -0.05) is 70.5 Å². The Morgan fingerprint density at radius 2 is 1.87 bits per heavy atom. The van der Waals surface area contributed by atoms with E-state index in [-0.39, 0.29) is 5.91 Å². The number of ether oxygens (including phenoxy) is 1. The second-order valence-electron chi connectivity index (χ2n) is 6.72. The average Bonchev–Trinajstić information content (AvgIpc) is 3.29. The fraction of sp³-hybridized carbons (Fsp3) is 0.0417. The average molecular weight is 475 g/mol. The van der Waals surface area contributed by atoms with Gasteiger partial charge in [-0.3, -0.25) is 9.89 Å². The molecule has 0 aliphatic carbocycles. The van der Waals surface area contributed by atoms with Crippen molar-refractivity contribution in [2.45, 2.75) is 6.61 Å². The first-order valence-corrected chi connectivity index (χ1v) is 10.4. The summed E-state index contributed by atoms with van der Waals surface area (Å²) in [6.45, 7) is 0.481. The van der Waals surface area contributed by atoms with Gasteiger partial charge in [-0.15, -0.1) is 0 Å². The number of aromatic amines is 1. The Bertz CT molecular complexity index is 1200. The summed E-state index contributed by atoms with van der Waals surface area (Å²) < 4.78 is 6.81. The van der Waals surface area contributed by atoms with Crippen LogP contribution in [0.2, 0.25) is 0 Å². The molecule has 0 aliphatic heterocycles. The number of amides is 1. The molecule has 0 spiro atoms. The van der Waals surface area contributed by atoms with E-state index in [1.165, 1.54) is 0 Å². The molecule has 0 unspecified atom stereocenters. The maximum absolute atomic E-state index is 12.3. The third kappa shape index (κ3) is 5.67. The van der Waals surface area contributed by atoms with E-state index in [9.17, 15) is 4.79 Å². The number of hydrogen-bond donors (Lipinski definition) is 2. The van der Waals surface area contributed by atoms with Gasteiger partial charge < -0.3 is 4.74 Å². The highest BCUT2D eigenvalue weighted by Gasteiger charge is 2.11. The number of aromatic nitrogens is 2. The number of rotatable bonds is 7. The van der Waals surface area contributed by atoms with Gasteiger partial charge >= 0.3 is 0 Å². The number of hydrazone groups is 1. The Morgan fingerprint density at radius 3 is 2.71 bits per heavy atom. The van der Waals surface area contributed by atoms with Gasteiger partial charge in [0.2, 0.25) is 0 Å². The van der Waals surface area contributed by atoms with E-state index in [4.69, 9.17) is 4.74 Å². The third-order valence-electron chi connectivity index (χ3n) is 4.43. The summed E-state index contributed by atoms with van der Waals surface area (Å²) in [7, 11) is 0. The molecule has 4 aromatic rings. The largest absolute Gasteiger partial charge is 0.489 e. The quantitative estimate of drug-likeness (QED) is 0.286.